The highest BCUT2D eigenvalue weighted by Gasteiger charge is 2.24. The van der Waals surface area contributed by atoms with Gasteiger partial charge in [-0.05, 0) is 31.4 Å². The summed E-state index contributed by atoms with van der Waals surface area (Å²) in [6, 6.07) is 5.29. The van der Waals surface area contributed by atoms with E-state index in [4.69, 9.17) is 4.74 Å². The van der Waals surface area contributed by atoms with Gasteiger partial charge in [0, 0.05) is 37.7 Å². The highest BCUT2D eigenvalue weighted by molar-refractivity contribution is 5.76. The van der Waals surface area contributed by atoms with E-state index < -0.39 is 0 Å². The Bertz CT molecular complexity index is 512. The number of amides is 1. The van der Waals surface area contributed by atoms with E-state index in [2.05, 4.69) is 5.32 Å². The molecule has 1 aromatic carbocycles. The van der Waals surface area contributed by atoms with Crippen LogP contribution in [-0.2, 0) is 4.79 Å². The maximum atomic E-state index is 12.1. The number of phenols is 1. The fourth-order valence-corrected chi connectivity index (χ4v) is 3.02. The first-order valence-corrected chi connectivity index (χ1v) is 7.71. The molecule has 0 spiro atoms. The fraction of sp³-hybridized carbons (Fsp3) is 0.562. The minimum atomic E-state index is 0.106. The molecule has 1 unspecified atom stereocenters. The Kier molecular flexibility index (Phi) is 4.29. The lowest BCUT2D eigenvalue weighted by Crippen LogP contribution is -2.37. The van der Waals surface area contributed by atoms with Crippen LogP contribution in [0.1, 0.15) is 37.3 Å². The molecule has 2 aliphatic heterocycles. The van der Waals surface area contributed by atoms with Crippen molar-refractivity contribution in [3.05, 3.63) is 23.8 Å². The molecule has 5 heteroatoms. The van der Waals surface area contributed by atoms with Gasteiger partial charge in [0.15, 0.2) is 0 Å². The lowest BCUT2D eigenvalue weighted by atomic mass is 10.1. The van der Waals surface area contributed by atoms with Gasteiger partial charge in [-0.25, -0.2) is 0 Å². The van der Waals surface area contributed by atoms with E-state index in [1.807, 2.05) is 11.0 Å². The Morgan fingerprint density at radius 3 is 2.95 bits per heavy atom. The predicted octanol–water partition coefficient (Wildman–Crippen LogP) is 1.82. The summed E-state index contributed by atoms with van der Waals surface area (Å²) in [5.74, 6) is 1.19. The van der Waals surface area contributed by atoms with Crippen LogP contribution in [0.3, 0.4) is 0 Å². The average molecular weight is 290 g/mol. The third kappa shape index (κ3) is 3.29. The number of ether oxygens (including phenoxy) is 1. The fourth-order valence-electron chi connectivity index (χ4n) is 3.02. The van der Waals surface area contributed by atoms with Crippen LogP contribution in [0.25, 0.3) is 0 Å². The predicted molar refractivity (Wildman–Crippen MR) is 79.4 cm³/mol. The quantitative estimate of drug-likeness (QED) is 0.888. The Labute approximate surface area is 124 Å². The standard InChI is InChI=1S/C16H22N2O3/c19-12-4-5-13-14(11-21-15(13)10-12)17-7-6-16(20)18-8-2-1-3-9-18/h4-5,10,14,17,19H,1-3,6-9,11H2. The summed E-state index contributed by atoms with van der Waals surface area (Å²) in [4.78, 5) is 14.1. The first kappa shape index (κ1) is 14.2. The maximum Gasteiger partial charge on any atom is 0.223 e. The number of likely N-dealkylation sites (tertiary alicyclic amines) is 1. The van der Waals surface area contributed by atoms with E-state index in [-0.39, 0.29) is 17.7 Å². The van der Waals surface area contributed by atoms with Crippen LogP contribution in [0.5, 0.6) is 11.5 Å². The van der Waals surface area contributed by atoms with E-state index in [0.717, 1.165) is 37.2 Å². The molecule has 1 aromatic rings. The molecule has 2 N–H and O–H groups in total. The lowest BCUT2D eigenvalue weighted by molar-refractivity contribution is -0.132. The molecule has 5 nitrogen and oxygen atoms in total. The minimum Gasteiger partial charge on any atom is -0.508 e. The number of benzene rings is 1. The van der Waals surface area contributed by atoms with Gasteiger partial charge in [-0.1, -0.05) is 0 Å². The van der Waals surface area contributed by atoms with Crippen molar-refractivity contribution in [2.75, 3.05) is 26.2 Å². The van der Waals surface area contributed by atoms with Crippen LogP contribution in [-0.4, -0.2) is 42.2 Å². The smallest absolute Gasteiger partial charge is 0.223 e. The number of rotatable bonds is 4. The molecule has 1 fully saturated rings. The van der Waals surface area contributed by atoms with E-state index in [1.165, 1.54) is 6.42 Å². The molecule has 0 bridgehead atoms. The number of hydrogen-bond acceptors (Lipinski definition) is 4. The van der Waals surface area contributed by atoms with Gasteiger partial charge < -0.3 is 20.1 Å². The Morgan fingerprint density at radius 2 is 2.14 bits per heavy atom. The van der Waals surface area contributed by atoms with Gasteiger partial charge in [0.05, 0.1) is 6.04 Å². The Balaban J connectivity index is 1.47. The van der Waals surface area contributed by atoms with Gasteiger partial charge in [-0.3, -0.25) is 4.79 Å². The number of carbonyl (C=O) groups is 1. The summed E-state index contributed by atoms with van der Waals surface area (Å²) in [5.41, 5.74) is 1.05. The molecule has 1 saturated heterocycles. The van der Waals surface area contributed by atoms with Crippen molar-refractivity contribution in [3.63, 3.8) is 0 Å². The molecule has 2 aliphatic rings. The number of hydrogen-bond donors (Lipinski definition) is 2. The van der Waals surface area contributed by atoms with E-state index >= 15 is 0 Å². The van der Waals surface area contributed by atoms with Crippen LogP contribution in [0.4, 0.5) is 0 Å². The largest absolute Gasteiger partial charge is 0.508 e. The number of piperidine rings is 1. The summed E-state index contributed by atoms with van der Waals surface area (Å²) in [6.07, 6.45) is 4.04. The van der Waals surface area contributed by atoms with Crippen LogP contribution in [0.15, 0.2) is 18.2 Å². The van der Waals surface area contributed by atoms with Crippen molar-refractivity contribution in [2.45, 2.75) is 31.7 Å². The molecule has 0 aromatic heterocycles. The van der Waals surface area contributed by atoms with Crippen LogP contribution >= 0.6 is 0 Å². The van der Waals surface area contributed by atoms with Gasteiger partial charge in [0.1, 0.15) is 18.1 Å². The molecule has 0 radical (unpaired) electrons. The van der Waals surface area contributed by atoms with Gasteiger partial charge >= 0.3 is 0 Å². The summed E-state index contributed by atoms with van der Waals surface area (Å²) >= 11 is 0. The molecule has 1 amide bonds. The summed E-state index contributed by atoms with van der Waals surface area (Å²) in [7, 11) is 0. The molecule has 3 rings (SSSR count). The molecular weight excluding hydrogens is 268 g/mol. The second kappa shape index (κ2) is 6.35. The third-order valence-electron chi connectivity index (χ3n) is 4.22. The van der Waals surface area contributed by atoms with Crippen LogP contribution < -0.4 is 10.1 Å². The molecule has 1 atom stereocenters. The van der Waals surface area contributed by atoms with E-state index in [9.17, 15) is 9.90 Å². The highest BCUT2D eigenvalue weighted by atomic mass is 16.5. The summed E-state index contributed by atoms with van der Waals surface area (Å²) in [6.45, 7) is 3.03. The third-order valence-corrected chi connectivity index (χ3v) is 4.22. The maximum absolute atomic E-state index is 12.1. The Hall–Kier alpha value is -1.75. The number of phenolic OH excluding ortho intramolecular Hbond substituents is 1. The Morgan fingerprint density at radius 1 is 1.33 bits per heavy atom. The number of carbonyl (C=O) groups excluding carboxylic acids is 1. The normalized spacial score (nSPS) is 21.0. The monoisotopic (exact) mass is 290 g/mol. The molecule has 0 aliphatic carbocycles. The van der Waals surface area contributed by atoms with Crippen LogP contribution in [0, 0.1) is 0 Å². The van der Waals surface area contributed by atoms with Gasteiger partial charge in [-0.2, -0.15) is 0 Å². The van der Waals surface area contributed by atoms with Gasteiger partial charge in [0.25, 0.3) is 0 Å². The van der Waals surface area contributed by atoms with Gasteiger partial charge in [-0.15, -0.1) is 0 Å². The first-order valence-electron chi connectivity index (χ1n) is 7.71. The zero-order valence-electron chi connectivity index (χ0n) is 12.2. The second-order valence-electron chi connectivity index (χ2n) is 5.73. The van der Waals surface area contributed by atoms with Crippen molar-refractivity contribution < 1.29 is 14.6 Å². The average Bonchev–Trinajstić information content (AvgIpc) is 2.90. The molecular formula is C16H22N2O3. The summed E-state index contributed by atoms with van der Waals surface area (Å²) in [5, 5.41) is 12.8. The molecule has 2 heterocycles. The lowest BCUT2D eigenvalue weighted by Gasteiger charge is -2.27. The van der Waals surface area contributed by atoms with Crippen molar-refractivity contribution in [3.8, 4) is 11.5 Å². The zero-order chi connectivity index (χ0) is 14.7. The number of nitrogens with one attached hydrogen (secondary N) is 1. The number of nitrogens with zero attached hydrogens (tertiary/aromatic N) is 1. The highest BCUT2D eigenvalue weighted by Crippen LogP contribution is 2.34. The van der Waals surface area contributed by atoms with Crippen molar-refractivity contribution in [1.82, 2.24) is 10.2 Å². The van der Waals surface area contributed by atoms with Crippen molar-refractivity contribution in [1.29, 1.82) is 0 Å². The second-order valence-corrected chi connectivity index (χ2v) is 5.73. The van der Waals surface area contributed by atoms with Crippen LogP contribution in [0.2, 0.25) is 0 Å². The SMILES string of the molecule is O=C(CCNC1COc2cc(O)ccc21)N1CCCCC1. The van der Waals surface area contributed by atoms with E-state index in [1.54, 1.807) is 12.1 Å². The first-order chi connectivity index (χ1) is 10.2. The molecule has 21 heavy (non-hydrogen) atoms. The van der Waals surface area contributed by atoms with Gasteiger partial charge in [0.2, 0.25) is 5.91 Å². The zero-order valence-corrected chi connectivity index (χ0v) is 12.2. The molecule has 0 saturated carbocycles. The van der Waals surface area contributed by atoms with Crippen molar-refractivity contribution >= 4 is 5.91 Å². The summed E-state index contributed by atoms with van der Waals surface area (Å²) < 4.78 is 5.55. The number of fused-ring (bicyclic) bond motifs is 1. The van der Waals surface area contributed by atoms with Crippen molar-refractivity contribution in [2.24, 2.45) is 0 Å². The minimum absolute atomic E-state index is 0.106. The van der Waals surface area contributed by atoms with E-state index in [0.29, 0.717) is 19.6 Å². The topological polar surface area (TPSA) is 61.8 Å². The molecule has 114 valence electrons. The number of aromatic hydroxyl groups is 1.